The summed E-state index contributed by atoms with van der Waals surface area (Å²) in [7, 11) is 1.71. The normalized spacial score (nSPS) is 12.4. The number of ether oxygens (including phenoxy) is 1. The van der Waals surface area contributed by atoms with Crippen LogP contribution >= 0.6 is 0 Å². The molecule has 0 spiro atoms. The highest BCUT2D eigenvalue weighted by Gasteiger charge is 2.23. The Kier molecular flexibility index (Phi) is 3.63. The predicted molar refractivity (Wildman–Crippen MR) is 66.6 cm³/mol. The summed E-state index contributed by atoms with van der Waals surface area (Å²) in [5, 5.41) is 0. The summed E-state index contributed by atoms with van der Waals surface area (Å²) < 4.78 is 7.46. The second-order valence-electron chi connectivity index (χ2n) is 5.10. The quantitative estimate of drug-likeness (QED) is 0.855. The van der Waals surface area contributed by atoms with E-state index in [-0.39, 0.29) is 5.60 Å². The number of nitrogens with zero attached hydrogens (tertiary/aromatic N) is 2. The van der Waals surface area contributed by atoms with Crippen molar-refractivity contribution >= 4 is 5.82 Å². The van der Waals surface area contributed by atoms with Crippen LogP contribution in [0.3, 0.4) is 0 Å². The molecule has 4 heteroatoms. The van der Waals surface area contributed by atoms with Gasteiger partial charge in [0.1, 0.15) is 11.6 Å². The number of aromatic nitrogens is 2. The summed E-state index contributed by atoms with van der Waals surface area (Å²) >= 11 is 0. The van der Waals surface area contributed by atoms with Crippen molar-refractivity contribution in [3.8, 4) is 0 Å². The molecule has 0 bridgehead atoms. The summed E-state index contributed by atoms with van der Waals surface area (Å²) in [5.41, 5.74) is 6.82. The molecule has 1 aromatic heterocycles. The predicted octanol–water partition coefficient (Wildman–Crippen LogP) is 2.32. The van der Waals surface area contributed by atoms with Crippen molar-refractivity contribution in [3.05, 3.63) is 11.5 Å². The van der Waals surface area contributed by atoms with Crippen molar-refractivity contribution < 1.29 is 4.74 Å². The van der Waals surface area contributed by atoms with Gasteiger partial charge in [0, 0.05) is 19.6 Å². The summed E-state index contributed by atoms with van der Waals surface area (Å²) in [6.07, 6.45) is 0.732. The van der Waals surface area contributed by atoms with Gasteiger partial charge in [-0.2, -0.15) is 0 Å². The van der Waals surface area contributed by atoms with Gasteiger partial charge in [-0.25, -0.2) is 4.98 Å². The van der Waals surface area contributed by atoms with Gasteiger partial charge in [0.15, 0.2) is 0 Å². The molecule has 0 amide bonds. The van der Waals surface area contributed by atoms with Gasteiger partial charge in [0.25, 0.3) is 0 Å². The first kappa shape index (κ1) is 13.0. The van der Waals surface area contributed by atoms with Crippen LogP contribution in [0.2, 0.25) is 0 Å². The topological polar surface area (TPSA) is 53.1 Å². The van der Waals surface area contributed by atoms with Crippen molar-refractivity contribution in [3.63, 3.8) is 0 Å². The van der Waals surface area contributed by atoms with Gasteiger partial charge >= 0.3 is 0 Å². The molecule has 4 nitrogen and oxygen atoms in total. The van der Waals surface area contributed by atoms with Gasteiger partial charge in [-0.15, -0.1) is 0 Å². The lowest BCUT2D eigenvalue weighted by molar-refractivity contribution is 0.0226. The van der Waals surface area contributed by atoms with Gasteiger partial charge < -0.3 is 15.0 Å². The zero-order valence-corrected chi connectivity index (χ0v) is 11.2. The molecule has 0 saturated carbocycles. The van der Waals surface area contributed by atoms with E-state index in [9.17, 15) is 0 Å². The zero-order chi connectivity index (χ0) is 12.5. The zero-order valence-electron chi connectivity index (χ0n) is 11.2. The van der Waals surface area contributed by atoms with E-state index in [1.165, 1.54) is 0 Å². The molecule has 0 aliphatic heterocycles. The minimum Gasteiger partial charge on any atom is -0.384 e. The van der Waals surface area contributed by atoms with E-state index in [1.807, 2.05) is 20.8 Å². The fourth-order valence-electron chi connectivity index (χ4n) is 1.88. The average Bonchev–Trinajstić information content (AvgIpc) is 2.41. The Bertz CT molecular complexity index is 367. The number of nitrogens with two attached hydrogens (primary N) is 1. The average molecular weight is 225 g/mol. The first-order valence-corrected chi connectivity index (χ1v) is 5.67. The second kappa shape index (κ2) is 4.45. The number of hydrogen-bond acceptors (Lipinski definition) is 3. The van der Waals surface area contributed by atoms with Crippen molar-refractivity contribution in [1.82, 2.24) is 9.55 Å². The molecular formula is C12H23N3O. The molecule has 0 saturated heterocycles. The highest BCUT2D eigenvalue weighted by molar-refractivity contribution is 5.39. The van der Waals surface area contributed by atoms with Crippen LogP contribution in [0.5, 0.6) is 0 Å². The smallest absolute Gasteiger partial charge is 0.127 e. The molecular weight excluding hydrogens is 202 g/mol. The largest absolute Gasteiger partial charge is 0.384 e. The van der Waals surface area contributed by atoms with E-state index >= 15 is 0 Å². The van der Waals surface area contributed by atoms with Gasteiger partial charge in [-0.3, -0.25) is 0 Å². The molecule has 92 valence electrons. The number of hydrogen-bond donors (Lipinski definition) is 1. The molecule has 0 unspecified atom stereocenters. The maximum absolute atomic E-state index is 6.11. The Labute approximate surface area is 97.8 Å². The Balaban J connectivity index is 3.04. The van der Waals surface area contributed by atoms with Crippen molar-refractivity contribution in [2.24, 2.45) is 0 Å². The number of rotatable bonds is 4. The number of imidazole rings is 1. The first-order chi connectivity index (χ1) is 7.28. The van der Waals surface area contributed by atoms with Crippen LogP contribution in [-0.4, -0.2) is 22.3 Å². The minimum atomic E-state index is -0.225. The first-order valence-electron chi connectivity index (χ1n) is 5.67. The van der Waals surface area contributed by atoms with Gasteiger partial charge in [-0.1, -0.05) is 0 Å². The van der Waals surface area contributed by atoms with Crippen molar-refractivity contribution in [1.29, 1.82) is 0 Å². The molecule has 0 aliphatic rings. The maximum Gasteiger partial charge on any atom is 0.127 e. The van der Waals surface area contributed by atoms with Crippen LogP contribution in [0, 0.1) is 6.92 Å². The molecule has 16 heavy (non-hydrogen) atoms. The van der Waals surface area contributed by atoms with Crippen LogP contribution in [0.15, 0.2) is 0 Å². The lowest BCUT2D eigenvalue weighted by Crippen LogP contribution is -2.26. The van der Waals surface area contributed by atoms with Crippen molar-refractivity contribution in [2.45, 2.75) is 52.7 Å². The third-order valence-electron chi connectivity index (χ3n) is 2.86. The SMILES string of the molecule is COC(C)(C)Cc1nc(C)n(C(C)C)c1N. The van der Waals surface area contributed by atoms with Crippen LogP contribution < -0.4 is 5.73 Å². The van der Waals surface area contributed by atoms with Crippen LogP contribution in [0.4, 0.5) is 5.82 Å². The van der Waals surface area contributed by atoms with Crippen LogP contribution in [-0.2, 0) is 11.2 Å². The summed E-state index contributed by atoms with van der Waals surface area (Å²) in [6.45, 7) is 10.3. The molecule has 0 aliphatic carbocycles. The molecule has 0 atom stereocenters. The summed E-state index contributed by atoms with van der Waals surface area (Å²) in [5.74, 6) is 1.73. The highest BCUT2D eigenvalue weighted by Crippen LogP contribution is 2.24. The molecule has 0 fully saturated rings. The Hall–Kier alpha value is -1.03. The highest BCUT2D eigenvalue weighted by atomic mass is 16.5. The number of anilines is 1. The maximum atomic E-state index is 6.11. The number of aryl methyl sites for hydroxylation is 1. The lowest BCUT2D eigenvalue weighted by atomic mass is 10.0. The molecule has 0 radical (unpaired) electrons. The molecule has 2 N–H and O–H groups in total. The van der Waals surface area contributed by atoms with E-state index in [0.29, 0.717) is 6.04 Å². The summed E-state index contributed by atoms with van der Waals surface area (Å²) in [6, 6.07) is 0.340. The third-order valence-corrected chi connectivity index (χ3v) is 2.86. The van der Waals surface area contributed by atoms with E-state index in [2.05, 4.69) is 23.4 Å². The standard InChI is InChI=1S/C12H23N3O/c1-8(2)15-9(3)14-10(11(15)13)7-12(4,5)16-6/h8H,7,13H2,1-6H3. The Morgan fingerprint density at radius 1 is 1.44 bits per heavy atom. The lowest BCUT2D eigenvalue weighted by Gasteiger charge is -2.22. The number of nitrogen functional groups attached to an aromatic ring is 1. The minimum absolute atomic E-state index is 0.225. The molecule has 0 aromatic carbocycles. The van der Waals surface area contributed by atoms with E-state index in [1.54, 1.807) is 7.11 Å². The van der Waals surface area contributed by atoms with Gasteiger partial charge in [0.05, 0.1) is 11.3 Å². The monoisotopic (exact) mass is 225 g/mol. The summed E-state index contributed by atoms with van der Waals surface area (Å²) in [4.78, 5) is 4.52. The van der Waals surface area contributed by atoms with Crippen LogP contribution in [0.25, 0.3) is 0 Å². The fourth-order valence-corrected chi connectivity index (χ4v) is 1.88. The Morgan fingerprint density at radius 3 is 2.38 bits per heavy atom. The number of methoxy groups -OCH3 is 1. The van der Waals surface area contributed by atoms with Gasteiger partial charge in [-0.05, 0) is 34.6 Å². The third kappa shape index (κ3) is 2.55. The molecule has 1 heterocycles. The van der Waals surface area contributed by atoms with Crippen LogP contribution in [0.1, 0.15) is 45.3 Å². The van der Waals surface area contributed by atoms with Crippen molar-refractivity contribution in [2.75, 3.05) is 12.8 Å². The Morgan fingerprint density at radius 2 is 2.00 bits per heavy atom. The molecule has 1 aromatic rings. The van der Waals surface area contributed by atoms with E-state index in [4.69, 9.17) is 10.5 Å². The molecule has 1 rings (SSSR count). The second-order valence-corrected chi connectivity index (χ2v) is 5.10. The van der Waals surface area contributed by atoms with E-state index < -0.39 is 0 Å². The van der Waals surface area contributed by atoms with E-state index in [0.717, 1.165) is 23.8 Å². The van der Waals surface area contributed by atoms with Gasteiger partial charge in [0.2, 0.25) is 0 Å². The fraction of sp³-hybridized carbons (Fsp3) is 0.750.